The molecule has 0 radical (unpaired) electrons. The van der Waals surface area contributed by atoms with Crippen LogP contribution in [0.15, 0.2) is 29.6 Å². The fraction of sp³-hybridized carbons (Fsp3) is 0.421. The largest absolute Gasteiger partial charge is 0.339 e. The second-order valence-electron chi connectivity index (χ2n) is 6.68. The van der Waals surface area contributed by atoms with Crippen LogP contribution in [0.5, 0.6) is 0 Å². The molecule has 3 rings (SSSR count). The molecule has 1 fully saturated rings. The van der Waals surface area contributed by atoms with Crippen LogP contribution >= 0.6 is 11.3 Å². The second kappa shape index (κ2) is 7.35. The highest BCUT2D eigenvalue weighted by Crippen LogP contribution is 2.24. The molecule has 132 valence electrons. The Morgan fingerprint density at radius 2 is 1.64 bits per heavy atom. The molecule has 0 spiro atoms. The summed E-state index contributed by atoms with van der Waals surface area (Å²) in [6.45, 7) is 8.17. The molecular weight excluding hydrogens is 334 g/mol. The summed E-state index contributed by atoms with van der Waals surface area (Å²) in [4.78, 5) is 32.9. The Hall–Kier alpha value is -2.21. The van der Waals surface area contributed by atoms with Gasteiger partial charge in [0.1, 0.15) is 10.7 Å². The number of carbonyl (C=O) groups is 2. The van der Waals surface area contributed by atoms with Gasteiger partial charge in [0.2, 0.25) is 5.91 Å². The Bertz CT molecular complexity index is 759. The summed E-state index contributed by atoms with van der Waals surface area (Å²) < 4.78 is 0. The number of nitrogens with zero attached hydrogens (tertiary/aromatic N) is 3. The predicted molar refractivity (Wildman–Crippen MR) is 99.6 cm³/mol. The number of hydrogen-bond donors (Lipinski definition) is 0. The van der Waals surface area contributed by atoms with Crippen LogP contribution in [0.25, 0.3) is 10.6 Å². The molecule has 1 saturated heterocycles. The van der Waals surface area contributed by atoms with Crippen LogP contribution in [0, 0.1) is 12.8 Å². The number of carbonyl (C=O) groups excluding carboxylic acids is 2. The molecule has 1 aliphatic rings. The highest BCUT2D eigenvalue weighted by atomic mass is 32.1. The van der Waals surface area contributed by atoms with Crippen molar-refractivity contribution >= 4 is 23.2 Å². The van der Waals surface area contributed by atoms with E-state index in [-0.39, 0.29) is 17.7 Å². The van der Waals surface area contributed by atoms with E-state index in [1.54, 1.807) is 4.90 Å². The van der Waals surface area contributed by atoms with Crippen molar-refractivity contribution in [1.29, 1.82) is 0 Å². The van der Waals surface area contributed by atoms with Crippen LogP contribution in [0.2, 0.25) is 0 Å². The smallest absolute Gasteiger partial charge is 0.273 e. The number of thiazole rings is 1. The lowest BCUT2D eigenvalue weighted by molar-refractivity contribution is -0.135. The number of aryl methyl sites for hydroxylation is 1. The topological polar surface area (TPSA) is 53.5 Å². The number of benzene rings is 1. The first-order valence-electron chi connectivity index (χ1n) is 8.56. The predicted octanol–water partition coefficient (Wildman–Crippen LogP) is 3.06. The van der Waals surface area contributed by atoms with Gasteiger partial charge in [-0.15, -0.1) is 11.3 Å². The molecule has 1 aliphatic heterocycles. The Labute approximate surface area is 152 Å². The summed E-state index contributed by atoms with van der Waals surface area (Å²) in [7, 11) is 0. The van der Waals surface area contributed by atoms with Gasteiger partial charge in [0.25, 0.3) is 5.91 Å². The Morgan fingerprint density at radius 3 is 2.24 bits per heavy atom. The van der Waals surface area contributed by atoms with Crippen molar-refractivity contribution in [2.45, 2.75) is 20.8 Å². The van der Waals surface area contributed by atoms with Crippen molar-refractivity contribution in [2.75, 3.05) is 26.2 Å². The number of hydrogen-bond acceptors (Lipinski definition) is 4. The van der Waals surface area contributed by atoms with Crippen molar-refractivity contribution in [2.24, 2.45) is 5.92 Å². The second-order valence-corrected chi connectivity index (χ2v) is 7.53. The number of aromatic nitrogens is 1. The van der Waals surface area contributed by atoms with Crippen LogP contribution in [0.3, 0.4) is 0 Å². The van der Waals surface area contributed by atoms with Gasteiger partial charge in [-0.2, -0.15) is 0 Å². The molecule has 0 bridgehead atoms. The molecule has 0 aliphatic carbocycles. The lowest BCUT2D eigenvalue weighted by atomic mass is 10.1. The Kier molecular flexibility index (Phi) is 5.18. The average Bonchev–Trinajstić information content (AvgIpc) is 3.11. The first kappa shape index (κ1) is 17.6. The molecule has 5 nitrogen and oxygen atoms in total. The highest BCUT2D eigenvalue weighted by molar-refractivity contribution is 7.13. The monoisotopic (exact) mass is 357 g/mol. The molecule has 2 heterocycles. The maximum Gasteiger partial charge on any atom is 0.273 e. The fourth-order valence-corrected chi connectivity index (χ4v) is 3.66. The Balaban J connectivity index is 1.65. The van der Waals surface area contributed by atoms with E-state index in [0.29, 0.717) is 31.9 Å². The van der Waals surface area contributed by atoms with E-state index in [0.717, 1.165) is 10.6 Å². The maximum atomic E-state index is 12.7. The zero-order chi connectivity index (χ0) is 18.0. The average molecular weight is 357 g/mol. The van der Waals surface area contributed by atoms with Crippen molar-refractivity contribution in [3.8, 4) is 10.6 Å². The SMILES string of the molecule is Cc1ccc(-c2nc(C(=O)N3CCN(C(=O)C(C)C)CC3)cs2)cc1. The molecule has 25 heavy (non-hydrogen) atoms. The third-order valence-electron chi connectivity index (χ3n) is 4.39. The lowest BCUT2D eigenvalue weighted by Crippen LogP contribution is -2.51. The van der Waals surface area contributed by atoms with Gasteiger partial charge in [0, 0.05) is 43.0 Å². The standard InChI is InChI=1S/C19H23N3O2S/c1-13(2)18(23)21-8-10-22(11-9-21)19(24)16-12-25-17(20-16)15-6-4-14(3)5-7-15/h4-7,12-13H,8-11H2,1-3H3. The van der Waals surface area contributed by atoms with Crippen molar-refractivity contribution < 1.29 is 9.59 Å². The number of rotatable bonds is 3. The maximum absolute atomic E-state index is 12.7. The molecule has 0 unspecified atom stereocenters. The highest BCUT2D eigenvalue weighted by Gasteiger charge is 2.27. The first-order chi connectivity index (χ1) is 12.0. The Morgan fingerprint density at radius 1 is 1.04 bits per heavy atom. The summed E-state index contributed by atoms with van der Waals surface area (Å²) in [6, 6.07) is 8.14. The van der Waals surface area contributed by atoms with Gasteiger partial charge in [0.05, 0.1) is 0 Å². The molecule has 0 atom stereocenters. The van der Waals surface area contributed by atoms with E-state index in [1.165, 1.54) is 16.9 Å². The third kappa shape index (κ3) is 3.90. The van der Waals surface area contributed by atoms with Crippen molar-refractivity contribution in [3.05, 3.63) is 40.9 Å². The quantitative estimate of drug-likeness (QED) is 0.848. The number of amides is 2. The summed E-state index contributed by atoms with van der Waals surface area (Å²) in [5.74, 6) is 0.103. The van der Waals surface area contributed by atoms with Gasteiger partial charge in [-0.1, -0.05) is 43.7 Å². The molecule has 2 aromatic rings. The minimum absolute atomic E-state index is 0.00198. The van der Waals surface area contributed by atoms with E-state index in [1.807, 2.05) is 55.3 Å². The molecule has 2 amide bonds. The minimum atomic E-state index is -0.0498. The zero-order valence-corrected chi connectivity index (χ0v) is 15.7. The zero-order valence-electron chi connectivity index (χ0n) is 14.9. The summed E-state index contributed by atoms with van der Waals surface area (Å²) in [6.07, 6.45) is 0. The van der Waals surface area contributed by atoms with Crippen molar-refractivity contribution in [3.63, 3.8) is 0 Å². The molecule has 1 aromatic heterocycles. The molecular formula is C19H23N3O2S. The summed E-state index contributed by atoms with van der Waals surface area (Å²) in [5, 5.41) is 2.68. The normalized spacial score (nSPS) is 14.9. The van der Waals surface area contributed by atoms with Crippen LogP contribution in [0.1, 0.15) is 29.9 Å². The fourth-order valence-electron chi connectivity index (χ4n) is 2.86. The molecule has 6 heteroatoms. The van der Waals surface area contributed by atoms with E-state index in [4.69, 9.17) is 0 Å². The van der Waals surface area contributed by atoms with E-state index in [2.05, 4.69) is 4.98 Å². The van der Waals surface area contributed by atoms with Gasteiger partial charge in [-0.25, -0.2) is 4.98 Å². The third-order valence-corrected chi connectivity index (χ3v) is 5.29. The van der Waals surface area contributed by atoms with Gasteiger partial charge in [-0.3, -0.25) is 9.59 Å². The van der Waals surface area contributed by atoms with Crippen molar-refractivity contribution in [1.82, 2.24) is 14.8 Å². The summed E-state index contributed by atoms with van der Waals surface area (Å²) >= 11 is 1.49. The van der Waals surface area contributed by atoms with Gasteiger partial charge in [0.15, 0.2) is 0 Å². The van der Waals surface area contributed by atoms with E-state index >= 15 is 0 Å². The van der Waals surface area contributed by atoms with Gasteiger partial charge >= 0.3 is 0 Å². The number of piperazine rings is 1. The molecule has 1 aromatic carbocycles. The first-order valence-corrected chi connectivity index (χ1v) is 9.44. The van der Waals surface area contributed by atoms with E-state index < -0.39 is 0 Å². The minimum Gasteiger partial charge on any atom is -0.339 e. The van der Waals surface area contributed by atoms with Crippen LogP contribution in [-0.4, -0.2) is 52.8 Å². The van der Waals surface area contributed by atoms with Crippen LogP contribution < -0.4 is 0 Å². The summed E-state index contributed by atoms with van der Waals surface area (Å²) in [5.41, 5.74) is 2.72. The van der Waals surface area contributed by atoms with Crippen LogP contribution in [0.4, 0.5) is 0 Å². The van der Waals surface area contributed by atoms with Gasteiger partial charge < -0.3 is 9.80 Å². The van der Waals surface area contributed by atoms with Gasteiger partial charge in [-0.05, 0) is 6.92 Å². The molecule has 0 saturated carbocycles. The molecule has 0 N–H and O–H groups in total. The van der Waals surface area contributed by atoms with Crippen LogP contribution in [-0.2, 0) is 4.79 Å². The lowest BCUT2D eigenvalue weighted by Gasteiger charge is -2.35. The van der Waals surface area contributed by atoms with E-state index in [9.17, 15) is 9.59 Å².